The van der Waals surface area contributed by atoms with Gasteiger partial charge < -0.3 is 9.42 Å². The molecule has 0 bridgehead atoms. The summed E-state index contributed by atoms with van der Waals surface area (Å²) in [5.41, 5.74) is 3.15. The van der Waals surface area contributed by atoms with E-state index < -0.39 is 10.0 Å². The van der Waals surface area contributed by atoms with Gasteiger partial charge in [0.15, 0.2) is 0 Å². The lowest BCUT2D eigenvalue weighted by molar-refractivity contribution is -0.132. The number of carbonyl (C=O) groups is 1. The van der Waals surface area contributed by atoms with Gasteiger partial charge in [-0.15, -0.1) is 0 Å². The molecule has 0 aliphatic carbocycles. The topological polar surface area (TPSA) is 95.8 Å². The number of nitrogens with zero attached hydrogens (tertiary/aromatic N) is 3. The molecule has 0 unspecified atom stereocenters. The van der Waals surface area contributed by atoms with Crippen LogP contribution in [0.1, 0.15) is 22.6 Å². The average molecular weight is 407 g/mol. The average Bonchev–Trinajstić information content (AvgIpc) is 2.95. The van der Waals surface area contributed by atoms with Crippen LogP contribution >= 0.6 is 0 Å². The van der Waals surface area contributed by atoms with Gasteiger partial charge in [0.2, 0.25) is 15.9 Å². The molecule has 1 aliphatic rings. The Balaban J connectivity index is 1.58. The van der Waals surface area contributed by atoms with E-state index in [0.29, 0.717) is 24.3 Å². The van der Waals surface area contributed by atoms with Crippen LogP contribution in [0.3, 0.4) is 0 Å². The predicted octanol–water partition coefficient (Wildman–Crippen LogP) is 1.55. The first kappa shape index (κ1) is 20.3. The number of nitrogens with one attached hydrogen (secondary N) is 1. The molecule has 3 rings (SSSR count). The van der Waals surface area contributed by atoms with Crippen molar-refractivity contribution >= 4 is 21.6 Å². The zero-order valence-electron chi connectivity index (χ0n) is 16.4. The summed E-state index contributed by atoms with van der Waals surface area (Å²) < 4.78 is 30.8. The fraction of sp³-hybridized carbons (Fsp3) is 0.474. The first-order chi connectivity index (χ1) is 13.2. The number of amides is 1. The first-order valence-electron chi connectivity index (χ1n) is 9.20. The second kappa shape index (κ2) is 8.32. The van der Waals surface area contributed by atoms with E-state index in [0.717, 1.165) is 42.9 Å². The number of hydrogen-bond donors (Lipinski definition) is 1. The van der Waals surface area contributed by atoms with Crippen LogP contribution in [0.2, 0.25) is 0 Å². The summed E-state index contributed by atoms with van der Waals surface area (Å²) in [5, 5.41) is 3.99. The molecular formula is C19H26N4O4S. The molecular weight excluding hydrogens is 380 g/mol. The van der Waals surface area contributed by atoms with Crippen LogP contribution in [0.25, 0.3) is 0 Å². The number of rotatable bonds is 6. The van der Waals surface area contributed by atoms with Crippen LogP contribution in [0.15, 0.2) is 28.8 Å². The van der Waals surface area contributed by atoms with E-state index in [1.54, 1.807) is 24.3 Å². The summed E-state index contributed by atoms with van der Waals surface area (Å²) in [5.74, 6) is 0.839. The van der Waals surface area contributed by atoms with E-state index in [1.807, 2.05) is 18.7 Å². The molecule has 28 heavy (non-hydrogen) atoms. The zero-order chi connectivity index (χ0) is 20.3. The molecule has 2 aromatic rings. The maximum Gasteiger partial charge on any atom is 0.229 e. The highest BCUT2D eigenvalue weighted by Gasteiger charge is 2.23. The highest BCUT2D eigenvalue weighted by Crippen LogP contribution is 2.19. The van der Waals surface area contributed by atoms with Crippen molar-refractivity contribution in [1.82, 2.24) is 15.0 Å². The van der Waals surface area contributed by atoms with Crippen molar-refractivity contribution < 1.29 is 17.7 Å². The number of piperazine rings is 1. The Morgan fingerprint density at radius 1 is 1.18 bits per heavy atom. The number of para-hydroxylation sites is 1. The van der Waals surface area contributed by atoms with Crippen LogP contribution in [0.5, 0.6) is 0 Å². The number of anilines is 1. The number of carbonyl (C=O) groups excluding carboxylic acids is 1. The second-order valence-electron chi connectivity index (χ2n) is 7.17. The lowest BCUT2D eigenvalue weighted by atomic mass is 10.1. The molecule has 1 saturated heterocycles. The molecule has 0 spiro atoms. The fourth-order valence-corrected chi connectivity index (χ4v) is 3.95. The Kier molecular flexibility index (Phi) is 6.04. The lowest BCUT2D eigenvalue weighted by Gasteiger charge is -2.34. The third-order valence-electron chi connectivity index (χ3n) is 4.94. The normalized spacial score (nSPS) is 15.6. The number of aromatic nitrogens is 1. The predicted molar refractivity (Wildman–Crippen MR) is 106 cm³/mol. The second-order valence-corrected chi connectivity index (χ2v) is 8.92. The van der Waals surface area contributed by atoms with E-state index >= 15 is 0 Å². The van der Waals surface area contributed by atoms with Gasteiger partial charge in [-0.3, -0.25) is 14.4 Å². The van der Waals surface area contributed by atoms with Gasteiger partial charge in [0.05, 0.1) is 24.1 Å². The molecule has 1 aromatic heterocycles. The van der Waals surface area contributed by atoms with Gasteiger partial charge in [-0.25, -0.2) is 8.42 Å². The molecule has 1 aliphatic heterocycles. The van der Waals surface area contributed by atoms with Crippen LogP contribution < -0.4 is 4.72 Å². The van der Waals surface area contributed by atoms with E-state index in [9.17, 15) is 13.2 Å². The van der Waals surface area contributed by atoms with Crippen molar-refractivity contribution in [3.63, 3.8) is 0 Å². The minimum absolute atomic E-state index is 0.000241. The highest BCUT2D eigenvalue weighted by molar-refractivity contribution is 7.92. The van der Waals surface area contributed by atoms with Crippen molar-refractivity contribution in [2.45, 2.75) is 26.8 Å². The Labute approximate surface area is 165 Å². The van der Waals surface area contributed by atoms with Crippen molar-refractivity contribution in [2.24, 2.45) is 0 Å². The Hall–Kier alpha value is -2.39. The molecule has 152 valence electrons. The molecule has 1 amide bonds. The number of hydrogen-bond acceptors (Lipinski definition) is 6. The maximum absolute atomic E-state index is 12.7. The first-order valence-corrected chi connectivity index (χ1v) is 11.1. The summed E-state index contributed by atoms with van der Waals surface area (Å²) >= 11 is 0. The molecule has 9 heteroatoms. The standard InChI is InChI=1S/C19H26N4O4S/c1-14-17(15(2)27-20-14)13-22-8-10-23(11-9-22)19(24)12-16-6-4-5-7-18(16)21-28(3,25)26/h4-7,21H,8-13H2,1-3H3. The van der Waals surface area contributed by atoms with E-state index in [1.165, 1.54) is 0 Å². The van der Waals surface area contributed by atoms with Gasteiger partial charge in [0.25, 0.3) is 0 Å². The summed E-state index contributed by atoms with van der Waals surface area (Å²) in [6, 6.07) is 7.00. The minimum atomic E-state index is -3.39. The Bertz CT molecular complexity index is 927. The molecule has 1 fully saturated rings. The largest absolute Gasteiger partial charge is 0.361 e. The summed E-state index contributed by atoms with van der Waals surface area (Å²) in [7, 11) is -3.39. The Morgan fingerprint density at radius 3 is 2.46 bits per heavy atom. The van der Waals surface area contributed by atoms with E-state index in [-0.39, 0.29) is 12.3 Å². The highest BCUT2D eigenvalue weighted by atomic mass is 32.2. The van der Waals surface area contributed by atoms with Crippen molar-refractivity contribution in [1.29, 1.82) is 0 Å². The molecule has 1 aromatic carbocycles. The van der Waals surface area contributed by atoms with Gasteiger partial charge in [-0.05, 0) is 25.5 Å². The SMILES string of the molecule is Cc1noc(C)c1CN1CCN(C(=O)Cc2ccccc2NS(C)(=O)=O)CC1. The maximum atomic E-state index is 12.7. The minimum Gasteiger partial charge on any atom is -0.361 e. The number of aryl methyl sites for hydroxylation is 2. The van der Waals surface area contributed by atoms with E-state index in [4.69, 9.17) is 4.52 Å². The third-order valence-corrected chi connectivity index (χ3v) is 5.53. The molecule has 0 atom stereocenters. The zero-order valence-corrected chi connectivity index (χ0v) is 17.3. The third kappa shape index (κ3) is 5.11. The molecule has 1 N–H and O–H groups in total. The van der Waals surface area contributed by atoms with Crippen LogP contribution in [-0.4, -0.2) is 61.7 Å². The van der Waals surface area contributed by atoms with Gasteiger partial charge in [0.1, 0.15) is 5.76 Å². The molecule has 0 radical (unpaired) electrons. The molecule has 0 saturated carbocycles. The van der Waals surface area contributed by atoms with E-state index in [2.05, 4.69) is 14.8 Å². The number of sulfonamides is 1. The van der Waals surface area contributed by atoms with Crippen molar-refractivity contribution in [3.05, 3.63) is 46.8 Å². The van der Waals surface area contributed by atoms with Gasteiger partial charge in [0, 0.05) is 38.3 Å². The molecule has 2 heterocycles. The lowest BCUT2D eigenvalue weighted by Crippen LogP contribution is -2.48. The Morgan fingerprint density at radius 2 is 1.86 bits per heavy atom. The molecule has 8 nitrogen and oxygen atoms in total. The monoisotopic (exact) mass is 406 g/mol. The quantitative estimate of drug-likeness (QED) is 0.782. The number of benzene rings is 1. The van der Waals surface area contributed by atoms with Crippen LogP contribution in [0.4, 0.5) is 5.69 Å². The summed E-state index contributed by atoms with van der Waals surface area (Å²) in [6.07, 6.45) is 1.27. The fourth-order valence-electron chi connectivity index (χ4n) is 3.36. The van der Waals surface area contributed by atoms with Crippen molar-refractivity contribution in [3.8, 4) is 0 Å². The van der Waals surface area contributed by atoms with Gasteiger partial charge >= 0.3 is 0 Å². The van der Waals surface area contributed by atoms with Gasteiger partial charge in [-0.1, -0.05) is 23.4 Å². The van der Waals surface area contributed by atoms with Crippen LogP contribution in [-0.2, 0) is 27.8 Å². The van der Waals surface area contributed by atoms with Gasteiger partial charge in [-0.2, -0.15) is 0 Å². The van der Waals surface area contributed by atoms with Crippen LogP contribution in [0, 0.1) is 13.8 Å². The smallest absolute Gasteiger partial charge is 0.229 e. The van der Waals surface area contributed by atoms with Crippen molar-refractivity contribution in [2.75, 3.05) is 37.2 Å². The summed E-state index contributed by atoms with van der Waals surface area (Å²) in [4.78, 5) is 16.8. The summed E-state index contributed by atoms with van der Waals surface area (Å²) in [6.45, 7) is 7.46.